The van der Waals surface area contributed by atoms with Crippen LogP contribution >= 0.6 is 35.0 Å². The fourth-order valence-corrected chi connectivity index (χ4v) is 2.53. The van der Waals surface area contributed by atoms with Gasteiger partial charge in [-0.05, 0) is 59.7 Å². The molecule has 1 atom stereocenters. The molecule has 0 amide bonds. The van der Waals surface area contributed by atoms with Gasteiger partial charge in [0.05, 0.1) is 0 Å². The Balaban J connectivity index is 0.00000144. The van der Waals surface area contributed by atoms with Gasteiger partial charge in [0.15, 0.2) is 0 Å². The van der Waals surface area contributed by atoms with Gasteiger partial charge in [0.25, 0.3) is 0 Å². The lowest BCUT2D eigenvalue weighted by Gasteiger charge is -2.24. The summed E-state index contributed by atoms with van der Waals surface area (Å²) in [5.74, 6) is -0.733. The smallest absolute Gasteiger partial charge is 0.324 e. The molecule has 94 valence electrons. The summed E-state index contributed by atoms with van der Waals surface area (Å²) in [5, 5.41) is 12.4. The molecule has 1 heterocycles. The van der Waals surface area contributed by atoms with Gasteiger partial charge in [0.2, 0.25) is 0 Å². The summed E-state index contributed by atoms with van der Waals surface area (Å²) in [6.45, 7) is 0.802. The lowest BCUT2D eigenvalue weighted by atomic mass is 9.89. The first kappa shape index (κ1) is 14.7. The summed E-state index contributed by atoms with van der Waals surface area (Å²) in [6.07, 6.45) is 2.23. The summed E-state index contributed by atoms with van der Waals surface area (Å²) >= 11 is 2.25. The van der Waals surface area contributed by atoms with Gasteiger partial charge in [-0.2, -0.15) is 0 Å². The first-order chi connectivity index (χ1) is 7.62. The lowest BCUT2D eigenvalue weighted by molar-refractivity contribution is -0.144. The van der Waals surface area contributed by atoms with Crippen LogP contribution in [0.2, 0.25) is 0 Å². The molecule has 1 aliphatic heterocycles. The Hall–Kier alpha value is -0.330. The predicted molar refractivity (Wildman–Crippen MR) is 77.7 cm³/mol. The minimum atomic E-state index is -0.743. The lowest BCUT2D eigenvalue weighted by Crippen LogP contribution is -2.49. The second-order valence-electron chi connectivity index (χ2n) is 4.22. The third-order valence-electron chi connectivity index (χ3n) is 3.07. The average molecular weight is 368 g/mol. The van der Waals surface area contributed by atoms with Gasteiger partial charge < -0.3 is 10.4 Å². The fraction of sp³-hybridized carbons (Fsp3) is 0.417. The highest BCUT2D eigenvalue weighted by atomic mass is 127. The molecule has 2 N–H and O–H groups in total. The van der Waals surface area contributed by atoms with Crippen molar-refractivity contribution in [2.24, 2.45) is 0 Å². The standard InChI is InChI=1S/C12H14INO2.ClH/c13-10-4-2-9(3-5-10)8-12(11(15)16)6-1-7-14-12;/h2-5,14H,1,6-8H2,(H,15,16);1H/t12-;/m0./s1. The van der Waals surface area contributed by atoms with E-state index in [1.807, 2.05) is 24.3 Å². The van der Waals surface area contributed by atoms with E-state index in [4.69, 9.17) is 0 Å². The van der Waals surface area contributed by atoms with Crippen molar-refractivity contribution in [1.29, 1.82) is 0 Å². The summed E-state index contributed by atoms with van der Waals surface area (Å²) in [6, 6.07) is 8.04. The Morgan fingerprint density at radius 2 is 2.06 bits per heavy atom. The average Bonchev–Trinajstić information content (AvgIpc) is 2.71. The van der Waals surface area contributed by atoms with E-state index in [0.717, 1.165) is 18.5 Å². The largest absolute Gasteiger partial charge is 0.480 e. The van der Waals surface area contributed by atoms with Crippen LogP contribution in [0.5, 0.6) is 0 Å². The minimum Gasteiger partial charge on any atom is -0.480 e. The van der Waals surface area contributed by atoms with Crippen LogP contribution in [0.25, 0.3) is 0 Å². The van der Waals surface area contributed by atoms with Crippen LogP contribution < -0.4 is 5.32 Å². The molecule has 1 aromatic carbocycles. The van der Waals surface area contributed by atoms with Crippen molar-refractivity contribution in [1.82, 2.24) is 5.32 Å². The van der Waals surface area contributed by atoms with Crippen molar-refractivity contribution in [2.45, 2.75) is 24.8 Å². The number of carboxylic acid groups (broad SMARTS) is 1. The predicted octanol–water partition coefficient (Wildman–Crippen LogP) is 2.46. The molecule has 1 fully saturated rings. The highest BCUT2D eigenvalue weighted by Gasteiger charge is 2.40. The van der Waals surface area contributed by atoms with Crippen molar-refractivity contribution in [3.8, 4) is 0 Å². The molecule has 0 spiro atoms. The Kier molecular flexibility index (Phi) is 5.22. The van der Waals surface area contributed by atoms with Crippen LogP contribution in [0, 0.1) is 3.57 Å². The number of hydrogen-bond donors (Lipinski definition) is 2. The highest BCUT2D eigenvalue weighted by molar-refractivity contribution is 14.1. The zero-order valence-electron chi connectivity index (χ0n) is 9.28. The Bertz CT molecular complexity index is 388. The number of carboxylic acids is 1. The maximum absolute atomic E-state index is 11.3. The molecule has 5 heteroatoms. The van der Waals surface area contributed by atoms with Crippen molar-refractivity contribution in [2.75, 3.05) is 6.54 Å². The molecule has 0 radical (unpaired) electrons. The van der Waals surface area contributed by atoms with Gasteiger partial charge in [-0.3, -0.25) is 4.79 Å². The second-order valence-corrected chi connectivity index (χ2v) is 5.47. The molecule has 0 aromatic heterocycles. The summed E-state index contributed by atoms with van der Waals surface area (Å²) < 4.78 is 1.17. The SMILES string of the molecule is Cl.O=C(O)[C@@]1(Cc2ccc(I)cc2)CCCN1. The number of hydrogen-bond acceptors (Lipinski definition) is 2. The number of nitrogens with one attached hydrogen (secondary N) is 1. The molecule has 0 unspecified atom stereocenters. The van der Waals surface area contributed by atoms with E-state index in [1.165, 1.54) is 3.57 Å². The number of carbonyl (C=O) groups is 1. The van der Waals surface area contributed by atoms with Crippen LogP contribution in [0.4, 0.5) is 0 Å². The summed E-state index contributed by atoms with van der Waals surface area (Å²) in [5.41, 5.74) is 0.337. The zero-order chi connectivity index (χ0) is 11.6. The second kappa shape index (κ2) is 6.02. The fourth-order valence-electron chi connectivity index (χ4n) is 2.17. The quantitative estimate of drug-likeness (QED) is 0.807. The first-order valence-corrected chi connectivity index (χ1v) is 6.43. The van der Waals surface area contributed by atoms with E-state index >= 15 is 0 Å². The monoisotopic (exact) mass is 367 g/mol. The molecule has 0 saturated carbocycles. The van der Waals surface area contributed by atoms with E-state index in [9.17, 15) is 9.90 Å². The summed E-state index contributed by atoms with van der Waals surface area (Å²) in [4.78, 5) is 11.3. The first-order valence-electron chi connectivity index (χ1n) is 5.35. The van der Waals surface area contributed by atoms with Gasteiger partial charge >= 0.3 is 5.97 Å². The molecule has 17 heavy (non-hydrogen) atoms. The summed E-state index contributed by atoms with van der Waals surface area (Å²) in [7, 11) is 0. The Morgan fingerprint density at radius 3 is 2.53 bits per heavy atom. The molecular formula is C12H15ClINO2. The van der Waals surface area contributed by atoms with E-state index in [2.05, 4.69) is 27.9 Å². The van der Waals surface area contributed by atoms with Crippen LogP contribution in [-0.2, 0) is 11.2 Å². The van der Waals surface area contributed by atoms with E-state index < -0.39 is 11.5 Å². The molecule has 2 rings (SSSR count). The maximum atomic E-state index is 11.3. The molecule has 1 aromatic rings. The topological polar surface area (TPSA) is 49.3 Å². The van der Waals surface area contributed by atoms with Crippen LogP contribution in [-0.4, -0.2) is 23.2 Å². The van der Waals surface area contributed by atoms with E-state index in [0.29, 0.717) is 12.8 Å². The van der Waals surface area contributed by atoms with Crippen molar-refractivity contribution in [3.05, 3.63) is 33.4 Å². The molecule has 3 nitrogen and oxygen atoms in total. The van der Waals surface area contributed by atoms with Crippen molar-refractivity contribution < 1.29 is 9.90 Å². The number of rotatable bonds is 3. The minimum absolute atomic E-state index is 0. The zero-order valence-corrected chi connectivity index (χ0v) is 12.3. The van der Waals surface area contributed by atoms with E-state index in [-0.39, 0.29) is 12.4 Å². The van der Waals surface area contributed by atoms with Gasteiger partial charge in [0, 0.05) is 9.99 Å². The molecule has 0 aliphatic carbocycles. The van der Waals surface area contributed by atoms with Crippen LogP contribution in [0.3, 0.4) is 0 Å². The molecule has 1 saturated heterocycles. The highest BCUT2D eigenvalue weighted by Crippen LogP contribution is 2.24. The molecular weight excluding hydrogens is 352 g/mol. The molecule has 0 bridgehead atoms. The van der Waals surface area contributed by atoms with Crippen molar-refractivity contribution in [3.63, 3.8) is 0 Å². The third kappa shape index (κ3) is 3.33. The molecule has 1 aliphatic rings. The number of halogens is 2. The van der Waals surface area contributed by atoms with Gasteiger partial charge in [-0.15, -0.1) is 12.4 Å². The van der Waals surface area contributed by atoms with Crippen molar-refractivity contribution >= 4 is 41.0 Å². The number of benzene rings is 1. The van der Waals surface area contributed by atoms with Crippen LogP contribution in [0.1, 0.15) is 18.4 Å². The Labute approximate surface area is 121 Å². The van der Waals surface area contributed by atoms with Gasteiger partial charge in [-0.1, -0.05) is 12.1 Å². The third-order valence-corrected chi connectivity index (χ3v) is 3.79. The maximum Gasteiger partial charge on any atom is 0.324 e. The van der Waals surface area contributed by atoms with Gasteiger partial charge in [0.1, 0.15) is 5.54 Å². The van der Waals surface area contributed by atoms with Gasteiger partial charge in [-0.25, -0.2) is 0 Å². The number of aliphatic carboxylic acids is 1. The normalized spacial score (nSPS) is 23.1. The van der Waals surface area contributed by atoms with Crippen LogP contribution in [0.15, 0.2) is 24.3 Å². The Morgan fingerprint density at radius 1 is 1.41 bits per heavy atom. The van der Waals surface area contributed by atoms with E-state index in [1.54, 1.807) is 0 Å².